The molecule has 2 aromatic carbocycles. The molecule has 1 heteroatoms. The van der Waals surface area contributed by atoms with Crippen LogP contribution in [0.25, 0.3) is 0 Å². The summed E-state index contributed by atoms with van der Waals surface area (Å²) in [5, 5.41) is 0.109. The SMILES string of the molecule is BC(CC(C)CC)(c1ccccc1)c1ccccc1. The van der Waals surface area contributed by atoms with Crippen molar-refractivity contribution in [2.75, 3.05) is 0 Å². The first-order valence-electron chi connectivity index (χ1n) is 7.28. The Morgan fingerprint density at radius 2 is 1.32 bits per heavy atom. The molecule has 0 aliphatic heterocycles. The topological polar surface area (TPSA) is 0 Å². The molecule has 0 bridgehead atoms. The normalized spacial score (nSPS) is 13.2. The summed E-state index contributed by atoms with van der Waals surface area (Å²) >= 11 is 0. The van der Waals surface area contributed by atoms with Crippen molar-refractivity contribution < 1.29 is 0 Å². The van der Waals surface area contributed by atoms with Crippen LogP contribution in [0.3, 0.4) is 0 Å². The van der Waals surface area contributed by atoms with Gasteiger partial charge >= 0.3 is 0 Å². The van der Waals surface area contributed by atoms with Crippen LogP contribution in [-0.4, -0.2) is 7.85 Å². The molecule has 98 valence electrons. The molecule has 0 nitrogen and oxygen atoms in total. The zero-order chi connectivity index (χ0) is 13.7. The Labute approximate surface area is 118 Å². The summed E-state index contributed by atoms with van der Waals surface area (Å²) in [5.74, 6) is 0.727. The van der Waals surface area contributed by atoms with E-state index in [1.165, 1.54) is 24.0 Å². The van der Waals surface area contributed by atoms with Gasteiger partial charge in [-0.1, -0.05) is 80.9 Å². The lowest BCUT2D eigenvalue weighted by Gasteiger charge is -2.33. The van der Waals surface area contributed by atoms with E-state index in [0.717, 1.165) is 5.92 Å². The Kier molecular flexibility index (Phi) is 4.47. The van der Waals surface area contributed by atoms with Gasteiger partial charge in [-0.15, -0.1) is 0 Å². The van der Waals surface area contributed by atoms with E-state index in [2.05, 4.69) is 82.4 Å². The predicted molar refractivity (Wildman–Crippen MR) is 86.3 cm³/mol. The van der Waals surface area contributed by atoms with Crippen molar-refractivity contribution in [2.24, 2.45) is 5.92 Å². The molecule has 1 unspecified atom stereocenters. The average Bonchev–Trinajstić information content (AvgIpc) is 2.48. The second-order valence-electron chi connectivity index (χ2n) is 5.78. The minimum Gasteiger partial charge on any atom is -0.0651 e. The maximum atomic E-state index is 2.38. The van der Waals surface area contributed by atoms with E-state index in [0.29, 0.717) is 0 Å². The molecule has 0 aromatic heterocycles. The quantitative estimate of drug-likeness (QED) is 0.703. The molecule has 0 N–H and O–H groups in total. The lowest BCUT2D eigenvalue weighted by atomic mass is 9.56. The van der Waals surface area contributed by atoms with E-state index in [1.807, 2.05) is 0 Å². The molecule has 0 saturated carbocycles. The number of rotatable bonds is 5. The fourth-order valence-electron chi connectivity index (χ4n) is 2.86. The standard InChI is InChI=1S/C18H23B/c1-3-15(2)14-18(19,16-10-6-4-7-11-16)17-12-8-5-9-13-17/h4-13,15H,3,14,19H2,1-2H3. The van der Waals surface area contributed by atoms with Gasteiger partial charge in [0.2, 0.25) is 0 Å². The highest BCUT2D eigenvalue weighted by molar-refractivity contribution is 6.18. The molecule has 0 amide bonds. The molecule has 0 radical (unpaired) electrons. The van der Waals surface area contributed by atoms with Gasteiger partial charge in [-0.2, -0.15) is 0 Å². The third kappa shape index (κ3) is 3.09. The van der Waals surface area contributed by atoms with Gasteiger partial charge in [0.25, 0.3) is 0 Å². The Balaban J connectivity index is 2.44. The molecule has 0 fully saturated rings. The van der Waals surface area contributed by atoms with Crippen LogP contribution in [-0.2, 0) is 5.31 Å². The summed E-state index contributed by atoms with van der Waals surface area (Å²) in [5.41, 5.74) is 2.84. The van der Waals surface area contributed by atoms with Crippen LogP contribution in [0, 0.1) is 5.92 Å². The van der Waals surface area contributed by atoms with Crippen molar-refractivity contribution in [3.63, 3.8) is 0 Å². The minimum atomic E-state index is 0.109. The van der Waals surface area contributed by atoms with Crippen LogP contribution in [0.15, 0.2) is 60.7 Å². The second kappa shape index (κ2) is 6.10. The van der Waals surface area contributed by atoms with Gasteiger partial charge < -0.3 is 0 Å². The highest BCUT2D eigenvalue weighted by Gasteiger charge is 2.29. The van der Waals surface area contributed by atoms with Crippen molar-refractivity contribution in [1.29, 1.82) is 0 Å². The first kappa shape index (κ1) is 13.9. The predicted octanol–water partition coefficient (Wildman–Crippen LogP) is 4.00. The van der Waals surface area contributed by atoms with Crippen molar-refractivity contribution in [2.45, 2.75) is 32.0 Å². The monoisotopic (exact) mass is 250 g/mol. The molecule has 0 saturated heterocycles. The summed E-state index contributed by atoms with van der Waals surface area (Å²) in [6, 6.07) is 21.8. The molecular weight excluding hydrogens is 227 g/mol. The first-order valence-corrected chi connectivity index (χ1v) is 7.28. The maximum Gasteiger partial charge on any atom is 0.121 e. The van der Waals surface area contributed by atoms with E-state index < -0.39 is 0 Å². The molecule has 19 heavy (non-hydrogen) atoms. The van der Waals surface area contributed by atoms with Crippen molar-refractivity contribution in [3.8, 4) is 0 Å². The van der Waals surface area contributed by atoms with Gasteiger partial charge in [0.1, 0.15) is 7.85 Å². The molecule has 0 spiro atoms. The maximum absolute atomic E-state index is 2.38. The van der Waals surface area contributed by atoms with Gasteiger partial charge in [-0.3, -0.25) is 0 Å². The third-order valence-electron chi connectivity index (χ3n) is 4.28. The van der Waals surface area contributed by atoms with Crippen LogP contribution < -0.4 is 0 Å². The molecule has 1 atom stereocenters. The fraction of sp³-hybridized carbons (Fsp3) is 0.333. The average molecular weight is 250 g/mol. The van der Waals surface area contributed by atoms with E-state index in [1.54, 1.807) is 0 Å². The van der Waals surface area contributed by atoms with Gasteiger partial charge in [0.05, 0.1) is 0 Å². The summed E-state index contributed by atoms with van der Waals surface area (Å²) < 4.78 is 0. The largest absolute Gasteiger partial charge is 0.121 e. The third-order valence-corrected chi connectivity index (χ3v) is 4.28. The molecule has 2 aromatic rings. The smallest absolute Gasteiger partial charge is 0.0651 e. The molecule has 0 aliphatic rings. The van der Waals surface area contributed by atoms with E-state index in [4.69, 9.17) is 0 Å². The van der Waals surface area contributed by atoms with Gasteiger partial charge in [-0.25, -0.2) is 0 Å². The highest BCUT2D eigenvalue weighted by Crippen LogP contribution is 2.35. The van der Waals surface area contributed by atoms with E-state index in [9.17, 15) is 0 Å². The van der Waals surface area contributed by atoms with Crippen molar-refractivity contribution in [3.05, 3.63) is 71.8 Å². The number of hydrogen-bond donors (Lipinski definition) is 0. The zero-order valence-electron chi connectivity index (χ0n) is 12.3. The highest BCUT2D eigenvalue weighted by atomic mass is 14.3. The van der Waals surface area contributed by atoms with Crippen molar-refractivity contribution >= 4 is 7.85 Å². The minimum absolute atomic E-state index is 0.109. The van der Waals surface area contributed by atoms with E-state index in [-0.39, 0.29) is 5.31 Å². The summed E-state index contributed by atoms with van der Waals surface area (Å²) in [6.07, 6.45) is 2.42. The molecular formula is C18H23B. The van der Waals surface area contributed by atoms with Crippen LogP contribution >= 0.6 is 0 Å². The van der Waals surface area contributed by atoms with Crippen LogP contribution in [0.5, 0.6) is 0 Å². The number of hydrogen-bond acceptors (Lipinski definition) is 0. The van der Waals surface area contributed by atoms with Crippen LogP contribution in [0.4, 0.5) is 0 Å². The molecule has 2 rings (SSSR count). The van der Waals surface area contributed by atoms with Crippen LogP contribution in [0.1, 0.15) is 37.8 Å². The van der Waals surface area contributed by atoms with Gasteiger partial charge in [0, 0.05) is 0 Å². The Morgan fingerprint density at radius 1 is 0.895 bits per heavy atom. The molecule has 0 aliphatic carbocycles. The summed E-state index contributed by atoms with van der Waals surface area (Å²) in [4.78, 5) is 0. The first-order chi connectivity index (χ1) is 9.16. The Hall–Kier alpha value is -1.50. The Morgan fingerprint density at radius 3 is 1.68 bits per heavy atom. The zero-order valence-corrected chi connectivity index (χ0v) is 12.3. The lowest BCUT2D eigenvalue weighted by Crippen LogP contribution is -2.30. The fourth-order valence-corrected chi connectivity index (χ4v) is 2.86. The Bertz CT molecular complexity index is 450. The van der Waals surface area contributed by atoms with Crippen LogP contribution in [0.2, 0.25) is 0 Å². The summed E-state index contributed by atoms with van der Waals surface area (Å²) in [6.45, 7) is 4.63. The van der Waals surface area contributed by atoms with Gasteiger partial charge in [-0.05, 0) is 28.8 Å². The lowest BCUT2D eigenvalue weighted by molar-refractivity contribution is 0.456. The van der Waals surface area contributed by atoms with E-state index >= 15 is 0 Å². The van der Waals surface area contributed by atoms with Gasteiger partial charge in [0.15, 0.2) is 0 Å². The second-order valence-corrected chi connectivity index (χ2v) is 5.78. The number of benzene rings is 2. The molecule has 0 heterocycles. The van der Waals surface area contributed by atoms with Crippen molar-refractivity contribution in [1.82, 2.24) is 0 Å². The summed E-state index contributed by atoms with van der Waals surface area (Å²) in [7, 11) is 2.38.